The second kappa shape index (κ2) is 9.53. The van der Waals surface area contributed by atoms with Crippen molar-refractivity contribution in [3.63, 3.8) is 0 Å². The summed E-state index contributed by atoms with van der Waals surface area (Å²) in [6.07, 6.45) is 0.178. The molecule has 0 aliphatic carbocycles. The van der Waals surface area contributed by atoms with Gasteiger partial charge in [0.25, 0.3) is 0 Å². The summed E-state index contributed by atoms with van der Waals surface area (Å²) in [5.74, 6) is -0.120. The minimum atomic E-state index is -0.428. The van der Waals surface area contributed by atoms with Crippen LogP contribution in [0.15, 0.2) is 78.9 Å². The monoisotopic (exact) mass is 435 g/mol. The lowest BCUT2D eigenvalue weighted by molar-refractivity contribution is -0.125. The minimum absolute atomic E-state index is 0.0574. The molecular weight excluding hydrogens is 414 g/mol. The van der Waals surface area contributed by atoms with Gasteiger partial charge in [0.1, 0.15) is 12.4 Å². The Kier molecular flexibility index (Phi) is 6.38. The van der Waals surface area contributed by atoms with Crippen LogP contribution in [0.4, 0.5) is 11.4 Å². The fourth-order valence-electron chi connectivity index (χ4n) is 3.41. The summed E-state index contributed by atoms with van der Waals surface area (Å²) in [7, 11) is 0. The molecule has 6 nitrogen and oxygen atoms in total. The lowest BCUT2D eigenvalue weighted by Gasteiger charge is -2.17. The fourth-order valence-corrected chi connectivity index (χ4v) is 3.54. The van der Waals surface area contributed by atoms with Crippen LogP contribution < -0.4 is 20.5 Å². The molecule has 3 aromatic rings. The smallest absolute Gasteiger partial charge is 0.243 e. The van der Waals surface area contributed by atoms with Crippen LogP contribution in [0.3, 0.4) is 0 Å². The van der Waals surface area contributed by atoms with Gasteiger partial charge in [0, 0.05) is 23.7 Å². The SMILES string of the molecule is O=C(NNc1ccccc1OCc1ccc(Cl)cc1)[C@H]1CC(=O)N(c2ccccc2)C1. The molecule has 158 valence electrons. The maximum Gasteiger partial charge on any atom is 0.243 e. The first-order valence-electron chi connectivity index (χ1n) is 9.98. The third-order valence-corrected chi connectivity index (χ3v) is 5.33. The Bertz CT molecular complexity index is 1060. The molecule has 0 unspecified atom stereocenters. The van der Waals surface area contributed by atoms with E-state index in [0.29, 0.717) is 29.6 Å². The Labute approximate surface area is 185 Å². The van der Waals surface area contributed by atoms with Gasteiger partial charge in [0.15, 0.2) is 0 Å². The number of ether oxygens (including phenoxy) is 1. The van der Waals surface area contributed by atoms with E-state index in [9.17, 15) is 9.59 Å². The van der Waals surface area contributed by atoms with Gasteiger partial charge in [-0.25, -0.2) is 0 Å². The molecule has 0 bridgehead atoms. The second-order valence-electron chi connectivity index (χ2n) is 7.27. The summed E-state index contributed by atoms with van der Waals surface area (Å²) in [4.78, 5) is 26.7. The van der Waals surface area contributed by atoms with Gasteiger partial charge >= 0.3 is 0 Å². The number of rotatable bonds is 7. The zero-order valence-electron chi connectivity index (χ0n) is 16.8. The zero-order chi connectivity index (χ0) is 21.6. The Morgan fingerprint density at radius 2 is 1.71 bits per heavy atom. The Balaban J connectivity index is 1.34. The number of amides is 2. The van der Waals surface area contributed by atoms with Crippen LogP contribution in [0, 0.1) is 5.92 Å². The number of halogens is 1. The fraction of sp³-hybridized carbons (Fsp3) is 0.167. The van der Waals surface area contributed by atoms with E-state index in [1.807, 2.05) is 78.9 Å². The normalized spacial score (nSPS) is 15.6. The molecule has 2 N–H and O–H groups in total. The predicted molar refractivity (Wildman–Crippen MR) is 121 cm³/mol. The molecule has 1 heterocycles. The van der Waals surface area contributed by atoms with Crippen molar-refractivity contribution in [2.45, 2.75) is 13.0 Å². The molecule has 1 fully saturated rings. The predicted octanol–water partition coefficient (Wildman–Crippen LogP) is 4.42. The molecule has 0 radical (unpaired) electrons. The van der Waals surface area contributed by atoms with Crippen LogP contribution in [-0.4, -0.2) is 18.4 Å². The molecule has 2 amide bonds. The molecule has 1 atom stereocenters. The lowest BCUT2D eigenvalue weighted by Crippen LogP contribution is -2.36. The summed E-state index contributed by atoms with van der Waals surface area (Å²) in [6, 6.07) is 24.1. The van der Waals surface area contributed by atoms with Crippen molar-refractivity contribution in [3.05, 3.63) is 89.4 Å². The Hall–Kier alpha value is -3.51. The van der Waals surface area contributed by atoms with Crippen LogP contribution in [0.5, 0.6) is 5.75 Å². The molecule has 1 aliphatic rings. The zero-order valence-corrected chi connectivity index (χ0v) is 17.5. The molecule has 4 rings (SSSR count). The number of carbonyl (C=O) groups excluding carboxylic acids is 2. The maximum absolute atomic E-state index is 12.7. The van der Waals surface area contributed by atoms with Gasteiger partial charge in [-0.3, -0.25) is 20.4 Å². The average Bonchev–Trinajstić information content (AvgIpc) is 3.20. The quantitative estimate of drug-likeness (QED) is 0.539. The van der Waals surface area contributed by atoms with E-state index in [2.05, 4.69) is 10.9 Å². The van der Waals surface area contributed by atoms with E-state index < -0.39 is 5.92 Å². The Morgan fingerprint density at radius 3 is 2.48 bits per heavy atom. The van der Waals surface area contributed by atoms with Crippen molar-refractivity contribution in [3.8, 4) is 5.75 Å². The van der Waals surface area contributed by atoms with E-state index in [4.69, 9.17) is 16.3 Å². The molecule has 7 heteroatoms. The van der Waals surface area contributed by atoms with Gasteiger partial charge in [0.05, 0.1) is 11.6 Å². The van der Waals surface area contributed by atoms with Crippen molar-refractivity contribution in [2.24, 2.45) is 5.92 Å². The van der Waals surface area contributed by atoms with E-state index in [1.165, 1.54) is 0 Å². The van der Waals surface area contributed by atoms with E-state index in [-0.39, 0.29) is 18.2 Å². The van der Waals surface area contributed by atoms with E-state index in [1.54, 1.807) is 4.90 Å². The highest BCUT2D eigenvalue weighted by Crippen LogP contribution is 2.26. The summed E-state index contributed by atoms with van der Waals surface area (Å²) >= 11 is 5.92. The number of nitrogens with zero attached hydrogens (tertiary/aromatic N) is 1. The summed E-state index contributed by atoms with van der Waals surface area (Å²) < 4.78 is 5.89. The topological polar surface area (TPSA) is 70.7 Å². The summed E-state index contributed by atoms with van der Waals surface area (Å²) in [5, 5.41) is 0.671. The van der Waals surface area contributed by atoms with Crippen LogP contribution >= 0.6 is 11.6 Å². The van der Waals surface area contributed by atoms with Crippen molar-refractivity contribution >= 4 is 34.8 Å². The molecule has 0 aromatic heterocycles. The van der Waals surface area contributed by atoms with Gasteiger partial charge in [0.2, 0.25) is 11.8 Å². The van der Waals surface area contributed by atoms with E-state index >= 15 is 0 Å². The van der Waals surface area contributed by atoms with Gasteiger partial charge in [-0.05, 0) is 42.0 Å². The molecule has 1 aliphatic heterocycles. The Morgan fingerprint density at radius 1 is 1.00 bits per heavy atom. The second-order valence-corrected chi connectivity index (χ2v) is 7.70. The summed E-state index contributed by atoms with van der Waals surface area (Å²) in [6.45, 7) is 0.720. The first kappa shape index (κ1) is 20.8. The number of benzene rings is 3. The van der Waals surface area contributed by atoms with Crippen LogP contribution in [-0.2, 0) is 16.2 Å². The van der Waals surface area contributed by atoms with Crippen molar-refractivity contribution in [1.29, 1.82) is 0 Å². The van der Waals surface area contributed by atoms with Crippen molar-refractivity contribution in [2.75, 3.05) is 16.9 Å². The standard InChI is InChI=1S/C24H22ClN3O3/c25-19-12-10-17(11-13-19)16-31-22-9-5-4-8-21(22)26-27-24(30)18-14-23(29)28(15-18)20-6-2-1-3-7-20/h1-13,18,26H,14-16H2,(H,27,30)/t18-/m0/s1. The first-order chi connectivity index (χ1) is 15.1. The number of hydrogen-bond acceptors (Lipinski definition) is 4. The molecule has 0 spiro atoms. The van der Waals surface area contributed by atoms with Crippen LogP contribution in [0.2, 0.25) is 5.02 Å². The van der Waals surface area contributed by atoms with Gasteiger partial charge in [-0.2, -0.15) is 0 Å². The third-order valence-electron chi connectivity index (χ3n) is 5.08. The third kappa shape index (κ3) is 5.16. The number of hydrogen-bond donors (Lipinski definition) is 2. The highest BCUT2D eigenvalue weighted by molar-refractivity contribution is 6.30. The average molecular weight is 436 g/mol. The largest absolute Gasteiger partial charge is 0.487 e. The van der Waals surface area contributed by atoms with Crippen molar-refractivity contribution in [1.82, 2.24) is 5.43 Å². The van der Waals surface area contributed by atoms with Crippen LogP contribution in [0.25, 0.3) is 0 Å². The number of anilines is 2. The maximum atomic E-state index is 12.7. The number of carbonyl (C=O) groups is 2. The molecule has 3 aromatic carbocycles. The number of para-hydroxylation sites is 3. The summed E-state index contributed by atoms with van der Waals surface area (Å²) in [5.41, 5.74) is 8.06. The lowest BCUT2D eigenvalue weighted by atomic mass is 10.1. The molecule has 0 saturated carbocycles. The molecule has 31 heavy (non-hydrogen) atoms. The van der Waals surface area contributed by atoms with Gasteiger partial charge < -0.3 is 9.64 Å². The van der Waals surface area contributed by atoms with Gasteiger partial charge in [-0.1, -0.05) is 54.1 Å². The number of nitrogens with one attached hydrogen (secondary N) is 2. The van der Waals surface area contributed by atoms with Crippen molar-refractivity contribution < 1.29 is 14.3 Å². The molecular formula is C24H22ClN3O3. The van der Waals surface area contributed by atoms with E-state index in [0.717, 1.165) is 11.3 Å². The first-order valence-corrected chi connectivity index (χ1v) is 10.4. The van der Waals surface area contributed by atoms with Crippen LogP contribution in [0.1, 0.15) is 12.0 Å². The van der Waals surface area contributed by atoms with Gasteiger partial charge in [-0.15, -0.1) is 0 Å². The highest BCUT2D eigenvalue weighted by atomic mass is 35.5. The highest BCUT2D eigenvalue weighted by Gasteiger charge is 2.35. The molecule has 1 saturated heterocycles. The minimum Gasteiger partial charge on any atom is -0.487 e. The number of hydrazine groups is 1.